The topological polar surface area (TPSA) is 57.5 Å². The quantitative estimate of drug-likeness (QED) is 0.771. The molecular weight excluding hydrogens is 292 g/mol. The molecule has 0 fully saturated rings. The van der Waals surface area contributed by atoms with Gasteiger partial charge in [0, 0.05) is 9.58 Å². The highest BCUT2D eigenvalue weighted by atomic mass is 32.1. The second-order valence-corrected chi connectivity index (χ2v) is 6.69. The van der Waals surface area contributed by atoms with Gasteiger partial charge < -0.3 is 10.2 Å². The van der Waals surface area contributed by atoms with E-state index in [4.69, 9.17) is 0 Å². The second kappa shape index (κ2) is 4.70. The molecule has 3 rings (SSSR count). The van der Waals surface area contributed by atoms with Crippen LogP contribution in [0.1, 0.15) is 27.0 Å². The molecule has 2 aromatic heterocycles. The Morgan fingerprint density at radius 3 is 2.70 bits per heavy atom. The van der Waals surface area contributed by atoms with Crippen LogP contribution in [0.2, 0.25) is 0 Å². The van der Waals surface area contributed by atoms with Crippen molar-refractivity contribution in [1.29, 1.82) is 0 Å². The first kappa shape index (κ1) is 13.3. The second-order valence-electron chi connectivity index (χ2n) is 4.69. The Labute approximate surface area is 123 Å². The van der Waals surface area contributed by atoms with Crippen molar-refractivity contribution in [1.82, 2.24) is 0 Å². The van der Waals surface area contributed by atoms with E-state index < -0.39 is 11.6 Å². The Hall–Kier alpha value is -1.69. The summed E-state index contributed by atoms with van der Waals surface area (Å²) in [5.74, 6) is -1.01. The minimum absolute atomic E-state index is 0.164. The van der Waals surface area contributed by atoms with Crippen molar-refractivity contribution < 1.29 is 15.0 Å². The summed E-state index contributed by atoms with van der Waals surface area (Å²) in [6, 6.07) is 11.3. The first-order valence-corrected chi connectivity index (χ1v) is 7.72. The smallest absolute Gasteiger partial charge is 0.336 e. The molecule has 0 saturated carbocycles. The van der Waals surface area contributed by atoms with Gasteiger partial charge in [0.15, 0.2) is 0 Å². The van der Waals surface area contributed by atoms with Crippen LogP contribution in [-0.4, -0.2) is 16.2 Å². The van der Waals surface area contributed by atoms with Crippen molar-refractivity contribution in [2.45, 2.75) is 12.5 Å². The van der Waals surface area contributed by atoms with E-state index in [2.05, 4.69) is 0 Å². The molecule has 0 bridgehead atoms. The highest BCUT2D eigenvalue weighted by Crippen LogP contribution is 2.40. The van der Waals surface area contributed by atoms with Gasteiger partial charge in [-0.15, -0.1) is 22.7 Å². The van der Waals surface area contributed by atoms with Gasteiger partial charge in [0.25, 0.3) is 0 Å². The van der Waals surface area contributed by atoms with Crippen LogP contribution < -0.4 is 0 Å². The molecule has 1 aromatic carbocycles. The fourth-order valence-electron chi connectivity index (χ4n) is 2.19. The highest BCUT2D eigenvalue weighted by Gasteiger charge is 2.33. The third-order valence-electron chi connectivity index (χ3n) is 3.24. The minimum Gasteiger partial charge on any atom is -0.478 e. The predicted molar refractivity (Wildman–Crippen MR) is 81.8 cm³/mol. The number of aliphatic hydroxyl groups is 1. The molecule has 2 heterocycles. The number of aromatic carboxylic acids is 1. The fourth-order valence-corrected chi connectivity index (χ4v) is 4.33. The van der Waals surface area contributed by atoms with E-state index >= 15 is 0 Å². The molecule has 0 amide bonds. The number of carboxylic acids is 1. The summed E-state index contributed by atoms with van der Waals surface area (Å²) in [6.45, 7) is 1.65. The zero-order chi connectivity index (χ0) is 14.3. The Kier molecular flexibility index (Phi) is 3.12. The van der Waals surface area contributed by atoms with E-state index in [1.807, 2.05) is 30.3 Å². The third-order valence-corrected chi connectivity index (χ3v) is 5.70. The van der Waals surface area contributed by atoms with Crippen LogP contribution in [0, 0.1) is 0 Å². The van der Waals surface area contributed by atoms with E-state index in [0.717, 1.165) is 15.0 Å². The molecule has 1 atom stereocenters. The molecule has 102 valence electrons. The number of carbonyl (C=O) groups is 1. The number of benzene rings is 1. The fraction of sp³-hybridized carbons (Fsp3) is 0.133. The molecule has 20 heavy (non-hydrogen) atoms. The lowest BCUT2D eigenvalue weighted by Gasteiger charge is -2.21. The van der Waals surface area contributed by atoms with Gasteiger partial charge in [-0.3, -0.25) is 0 Å². The standard InChI is InChI=1S/C15H12O3S2/c1-15(18,13-10(14(16)17)6-7-19-13)12-8-9-4-2-3-5-11(9)20-12/h2-8,18H,1H3,(H,16,17). The van der Waals surface area contributed by atoms with Crippen LogP contribution in [0.3, 0.4) is 0 Å². The summed E-state index contributed by atoms with van der Waals surface area (Å²) < 4.78 is 1.08. The summed E-state index contributed by atoms with van der Waals surface area (Å²) in [5.41, 5.74) is -1.12. The largest absolute Gasteiger partial charge is 0.478 e. The average molecular weight is 304 g/mol. The van der Waals surface area contributed by atoms with Crippen molar-refractivity contribution in [3.05, 3.63) is 57.1 Å². The van der Waals surface area contributed by atoms with Gasteiger partial charge in [-0.25, -0.2) is 4.79 Å². The van der Waals surface area contributed by atoms with Crippen LogP contribution in [-0.2, 0) is 5.60 Å². The molecule has 0 radical (unpaired) electrons. The van der Waals surface area contributed by atoms with Gasteiger partial charge >= 0.3 is 5.97 Å². The van der Waals surface area contributed by atoms with Crippen molar-refractivity contribution in [3.8, 4) is 0 Å². The van der Waals surface area contributed by atoms with Crippen LogP contribution in [0.25, 0.3) is 10.1 Å². The normalized spacial score (nSPS) is 14.3. The summed E-state index contributed by atoms with van der Waals surface area (Å²) in [4.78, 5) is 12.5. The summed E-state index contributed by atoms with van der Waals surface area (Å²) in [7, 11) is 0. The Morgan fingerprint density at radius 1 is 1.25 bits per heavy atom. The van der Waals surface area contributed by atoms with Gasteiger partial charge in [0.05, 0.1) is 10.4 Å². The molecule has 0 aliphatic carbocycles. The lowest BCUT2D eigenvalue weighted by molar-refractivity contribution is 0.0676. The summed E-state index contributed by atoms with van der Waals surface area (Å²) in [6.07, 6.45) is 0. The summed E-state index contributed by atoms with van der Waals surface area (Å²) in [5, 5.41) is 22.8. The molecule has 3 aromatic rings. The van der Waals surface area contributed by atoms with Crippen LogP contribution >= 0.6 is 22.7 Å². The average Bonchev–Trinajstić information content (AvgIpc) is 3.05. The molecular formula is C15H12O3S2. The zero-order valence-electron chi connectivity index (χ0n) is 10.7. The zero-order valence-corrected chi connectivity index (χ0v) is 12.3. The van der Waals surface area contributed by atoms with Gasteiger partial charge in [-0.05, 0) is 35.9 Å². The number of fused-ring (bicyclic) bond motifs is 1. The van der Waals surface area contributed by atoms with Gasteiger partial charge in [-0.1, -0.05) is 18.2 Å². The van der Waals surface area contributed by atoms with E-state index in [1.54, 1.807) is 12.3 Å². The third kappa shape index (κ3) is 2.04. The predicted octanol–water partition coefficient (Wildman–Crippen LogP) is 3.92. The molecule has 0 saturated heterocycles. The monoisotopic (exact) mass is 304 g/mol. The van der Waals surface area contributed by atoms with Gasteiger partial charge in [0.1, 0.15) is 5.60 Å². The first-order chi connectivity index (χ1) is 9.50. The van der Waals surface area contributed by atoms with E-state index in [-0.39, 0.29) is 5.56 Å². The van der Waals surface area contributed by atoms with Crippen LogP contribution in [0.4, 0.5) is 0 Å². The van der Waals surface area contributed by atoms with Crippen molar-refractivity contribution in [2.24, 2.45) is 0 Å². The van der Waals surface area contributed by atoms with Crippen LogP contribution in [0.5, 0.6) is 0 Å². The SMILES string of the molecule is CC(O)(c1cc2ccccc2s1)c1sccc1C(=O)O. The first-order valence-electron chi connectivity index (χ1n) is 6.03. The Balaban J connectivity index is 2.15. The number of hydrogen-bond acceptors (Lipinski definition) is 4. The minimum atomic E-state index is -1.29. The molecule has 0 aliphatic heterocycles. The Bertz CT molecular complexity index is 750. The van der Waals surface area contributed by atoms with E-state index in [0.29, 0.717) is 4.88 Å². The molecule has 1 unspecified atom stereocenters. The molecule has 0 spiro atoms. The highest BCUT2D eigenvalue weighted by molar-refractivity contribution is 7.19. The van der Waals surface area contributed by atoms with Crippen LogP contribution in [0.15, 0.2) is 41.8 Å². The molecule has 3 nitrogen and oxygen atoms in total. The molecule has 5 heteroatoms. The molecule has 2 N–H and O–H groups in total. The maximum Gasteiger partial charge on any atom is 0.336 e. The molecule has 0 aliphatic rings. The lowest BCUT2D eigenvalue weighted by atomic mass is 9.98. The number of carboxylic acid groups (broad SMARTS) is 1. The number of rotatable bonds is 3. The van der Waals surface area contributed by atoms with Crippen molar-refractivity contribution in [3.63, 3.8) is 0 Å². The maximum absolute atomic E-state index is 11.2. The Morgan fingerprint density at radius 2 is 2.00 bits per heavy atom. The van der Waals surface area contributed by atoms with E-state index in [9.17, 15) is 15.0 Å². The van der Waals surface area contributed by atoms with Crippen molar-refractivity contribution >= 4 is 38.7 Å². The van der Waals surface area contributed by atoms with Gasteiger partial charge in [-0.2, -0.15) is 0 Å². The van der Waals surface area contributed by atoms with Gasteiger partial charge in [0.2, 0.25) is 0 Å². The summed E-state index contributed by atoms with van der Waals surface area (Å²) >= 11 is 2.75. The number of thiophene rings is 2. The number of hydrogen-bond donors (Lipinski definition) is 2. The van der Waals surface area contributed by atoms with E-state index in [1.165, 1.54) is 28.7 Å². The maximum atomic E-state index is 11.2. The van der Waals surface area contributed by atoms with Crippen molar-refractivity contribution in [2.75, 3.05) is 0 Å². The lowest BCUT2D eigenvalue weighted by Crippen LogP contribution is -2.22.